The van der Waals surface area contributed by atoms with Gasteiger partial charge in [-0.05, 0) is 113 Å². The van der Waals surface area contributed by atoms with E-state index in [0.29, 0.717) is 69.5 Å². The van der Waals surface area contributed by atoms with Gasteiger partial charge in [0.15, 0.2) is 11.6 Å². The minimum Gasteiger partial charge on any atom is -0.399 e. The molecular weight excluding hydrogens is 1040 g/mol. The highest BCUT2D eigenvalue weighted by molar-refractivity contribution is 6.62. The first kappa shape index (κ1) is 60.3. The van der Waals surface area contributed by atoms with Gasteiger partial charge in [-0.25, -0.2) is 32.5 Å². The van der Waals surface area contributed by atoms with Crippen LogP contribution in [0.5, 0.6) is 0 Å². The van der Waals surface area contributed by atoms with Gasteiger partial charge in [0.1, 0.15) is 12.0 Å². The molecule has 21 nitrogen and oxygen atoms in total. The molecule has 0 radical (unpaired) electrons. The first-order valence-corrected chi connectivity index (χ1v) is 26.7. The van der Waals surface area contributed by atoms with E-state index in [1.54, 1.807) is 19.0 Å². The van der Waals surface area contributed by atoms with Gasteiger partial charge in [-0.15, -0.1) is 0 Å². The van der Waals surface area contributed by atoms with Crippen molar-refractivity contribution >= 4 is 65.9 Å². The fraction of sp³-hybridized carbons (Fsp3) is 0.667. The summed E-state index contributed by atoms with van der Waals surface area (Å²) in [6, 6.07) is 3.18. The number of morpholine rings is 3. The van der Waals surface area contributed by atoms with Gasteiger partial charge in [0.25, 0.3) is 12.9 Å². The van der Waals surface area contributed by atoms with Crippen LogP contribution in [0.25, 0.3) is 11.4 Å². The zero-order valence-electron chi connectivity index (χ0n) is 47.1. The molecule has 9 rings (SSSR count). The smallest absolute Gasteiger partial charge is 0.399 e. The lowest BCUT2D eigenvalue weighted by molar-refractivity contribution is 0.00578. The standard InChI is InChI=1S/C21H29F2N7O2.C15H22BF2N3O2.C15H24ClN5O2/c1-11-7-31-8-12(2)29(11)20-26-19(16-6-25-17(24)5-15(16)18(22)23)27-21(28-20)30-13(3)9-32-10-14(30)4;1-14(2)15(3,4)23-16(22-14)11-8-19-12(20-9-21(5)6)7-10(11)13(17)18;1-9-5-6-23-12(4)21(9)15-18-13(16)17-14(19-15)20-10(2)7-22-8-11(20)3/h5-6,11-14,18H,7-10H2,1-4H3,(H2,24,25);7-9,13H,1-6H3;9-12H,5-8H2,1-4H3/t11-,12+,13-,14+;;9-,10-,11+,12-/m..1/s1. The largest absolute Gasteiger partial charge is 0.496 e. The number of aliphatic imine (C=N–C) groups is 1. The number of nitrogen functional groups attached to an aromatic ring is 1. The van der Waals surface area contributed by atoms with Crippen LogP contribution >= 0.6 is 11.6 Å². The van der Waals surface area contributed by atoms with Gasteiger partial charge in [0.2, 0.25) is 29.1 Å². The maximum Gasteiger partial charge on any atom is 0.496 e. The molecule has 5 aliphatic heterocycles. The lowest BCUT2D eigenvalue weighted by Crippen LogP contribution is -2.52. The van der Waals surface area contributed by atoms with E-state index in [1.165, 1.54) is 30.9 Å². The number of halogens is 5. The number of pyridine rings is 2. The maximum absolute atomic E-state index is 13.8. The fourth-order valence-corrected chi connectivity index (χ4v) is 9.89. The average Bonchev–Trinajstić information content (AvgIpc) is 3.58. The van der Waals surface area contributed by atoms with Crippen molar-refractivity contribution in [2.75, 3.05) is 85.7 Å². The van der Waals surface area contributed by atoms with Crippen LogP contribution in [-0.4, -0.2) is 178 Å². The molecule has 2 N–H and O–H groups in total. The van der Waals surface area contributed by atoms with E-state index >= 15 is 0 Å². The van der Waals surface area contributed by atoms with E-state index in [9.17, 15) is 17.6 Å². The van der Waals surface area contributed by atoms with Crippen LogP contribution in [0.2, 0.25) is 5.28 Å². The van der Waals surface area contributed by atoms with Gasteiger partial charge in [-0.2, -0.15) is 29.9 Å². The molecule has 27 heteroatoms. The number of ether oxygens (including phenoxy) is 4. The number of alkyl halides is 4. The molecule has 0 aliphatic carbocycles. The zero-order valence-corrected chi connectivity index (χ0v) is 47.8. The third kappa shape index (κ3) is 14.0. The Balaban J connectivity index is 0.000000173. The van der Waals surface area contributed by atoms with Gasteiger partial charge in [-0.1, -0.05) is 0 Å². The third-order valence-electron chi connectivity index (χ3n) is 14.4. The molecule has 5 saturated heterocycles. The Bertz CT molecular complexity index is 2550. The Kier molecular flexibility index (Phi) is 19.6. The second-order valence-electron chi connectivity index (χ2n) is 21.7. The summed E-state index contributed by atoms with van der Waals surface area (Å²) in [5.74, 6) is 2.41. The Morgan fingerprint density at radius 3 is 1.53 bits per heavy atom. The molecule has 0 saturated carbocycles. The van der Waals surface area contributed by atoms with Crippen LogP contribution < -0.4 is 30.8 Å². The first-order valence-electron chi connectivity index (χ1n) is 26.3. The average molecular weight is 1120 g/mol. The number of nitrogens with zero attached hydrogens (tertiary/aromatic N) is 14. The van der Waals surface area contributed by atoms with Crippen molar-refractivity contribution in [3.8, 4) is 11.4 Å². The molecule has 4 aromatic heterocycles. The van der Waals surface area contributed by atoms with Gasteiger partial charge < -0.3 is 58.5 Å². The molecule has 0 bridgehead atoms. The van der Waals surface area contributed by atoms with Gasteiger partial charge in [-0.3, -0.25) is 0 Å². The summed E-state index contributed by atoms with van der Waals surface area (Å²) in [6.07, 6.45) is -0.393. The summed E-state index contributed by atoms with van der Waals surface area (Å²) >= 11 is 6.19. The molecule has 0 amide bonds. The predicted molar refractivity (Wildman–Crippen MR) is 293 cm³/mol. The monoisotopic (exact) mass is 1120 g/mol. The van der Waals surface area contributed by atoms with Crippen LogP contribution in [0.1, 0.15) is 113 Å². The van der Waals surface area contributed by atoms with E-state index in [2.05, 4.69) is 75.3 Å². The predicted octanol–water partition coefficient (Wildman–Crippen LogP) is 7.32. The number of aromatic nitrogens is 8. The van der Waals surface area contributed by atoms with E-state index in [4.69, 9.17) is 55.6 Å². The van der Waals surface area contributed by atoms with E-state index in [0.717, 1.165) is 13.0 Å². The molecule has 5 fully saturated rings. The van der Waals surface area contributed by atoms with Crippen molar-refractivity contribution in [1.29, 1.82) is 0 Å². The molecule has 9 heterocycles. The molecule has 8 atom stereocenters. The summed E-state index contributed by atoms with van der Waals surface area (Å²) in [7, 11) is 2.70. The van der Waals surface area contributed by atoms with E-state index < -0.39 is 31.2 Å². The van der Waals surface area contributed by atoms with Crippen molar-refractivity contribution in [3.63, 3.8) is 0 Å². The molecule has 428 valence electrons. The molecule has 0 unspecified atom stereocenters. The van der Waals surface area contributed by atoms with Crippen molar-refractivity contribution in [2.24, 2.45) is 4.99 Å². The van der Waals surface area contributed by atoms with Crippen molar-refractivity contribution in [1.82, 2.24) is 44.8 Å². The maximum atomic E-state index is 13.8. The van der Waals surface area contributed by atoms with Crippen LogP contribution in [0.3, 0.4) is 0 Å². The minimum atomic E-state index is -2.75. The van der Waals surface area contributed by atoms with E-state index in [1.807, 2.05) is 62.3 Å². The second-order valence-corrected chi connectivity index (χ2v) is 22.0. The summed E-state index contributed by atoms with van der Waals surface area (Å²) < 4.78 is 88.8. The quantitative estimate of drug-likeness (QED) is 0.0713. The number of rotatable bonds is 10. The Hall–Kier alpha value is -5.38. The fourth-order valence-electron chi connectivity index (χ4n) is 9.73. The minimum absolute atomic E-state index is 0.0144. The van der Waals surface area contributed by atoms with Crippen molar-refractivity contribution < 1.29 is 45.8 Å². The number of anilines is 5. The van der Waals surface area contributed by atoms with Gasteiger partial charge >= 0.3 is 7.12 Å². The molecule has 0 spiro atoms. The zero-order chi connectivity index (χ0) is 57.0. The Morgan fingerprint density at radius 2 is 1.09 bits per heavy atom. The number of nitrogens with two attached hydrogens (primary N) is 1. The van der Waals surface area contributed by atoms with E-state index in [-0.39, 0.29) is 87.4 Å². The lowest BCUT2D eigenvalue weighted by atomic mass is 9.77. The van der Waals surface area contributed by atoms with Crippen LogP contribution in [0.15, 0.2) is 29.5 Å². The van der Waals surface area contributed by atoms with Gasteiger partial charge in [0.05, 0.1) is 100 Å². The summed E-state index contributed by atoms with van der Waals surface area (Å²) in [6.45, 7) is 28.1. The molecule has 4 aromatic rings. The summed E-state index contributed by atoms with van der Waals surface area (Å²) in [4.78, 5) is 49.6. The van der Waals surface area contributed by atoms with Crippen LogP contribution in [0, 0.1) is 0 Å². The lowest BCUT2D eigenvalue weighted by Gasteiger charge is -2.41. The van der Waals surface area contributed by atoms with Crippen molar-refractivity contribution in [2.45, 2.75) is 162 Å². The van der Waals surface area contributed by atoms with Gasteiger partial charge in [0, 0.05) is 54.7 Å². The molecule has 0 aromatic carbocycles. The SMILES string of the molecule is CN(C)C=Nc1cc(C(F)F)c(B2OC(C)(C)C(C)(C)O2)cn1.C[C@@H]1COC[C@H](C)N1c1nc(-c2cnc(N)cc2C(F)F)nc(N2[C@H](C)COC[C@@H]2C)n1.C[C@@H]1COC[C@H](C)N1c1nc(Cl)nc(N2[C@H](C)CCO[C@@H]2C)n1. The Morgan fingerprint density at radius 1 is 0.641 bits per heavy atom. The normalized spacial score (nSPS) is 26.2. The van der Waals surface area contributed by atoms with Crippen molar-refractivity contribution in [3.05, 3.63) is 40.9 Å². The second kappa shape index (κ2) is 25.4. The molecule has 78 heavy (non-hydrogen) atoms. The molecule has 5 aliphatic rings. The number of hydrogen-bond donors (Lipinski definition) is 1. The Labute approximate surface area is 460 Å². The number of hydrogen-bond acceptors (Lipinski definition) is 20. The first-order chi connectivity index (χ1) is 36.8. The van der Waals surface area contributed by atoms with Crippen LogP contribution in [-0.2, 0) is 28.3 Å². The highest BCUT2D eigenvalue weighted by atomic mass is 35.5. The third-order valence-corrected chi connectivity index (χ3v) is 14.6. The highest BCUT2D eigenvalue weighted by Crippen LogP contribution is 2.38. The highest BCUT2D eigenvalue weighted by Gasteiger charge is 2.53. The van der Waals surface area contributed by atoms with Crippen LogP contribution in [0.4, 0.5) is 53.0 Å². The summed E-state index contributed by atoms with van der Waals surface area (Å²) in [5.41, 5.74) is 4.42. The summed E-state index contributed by atoms with van der Waals surface area (Å²) in [5, 5.41) is 0.209. The topological polar surface area (TPSA) is 213 Å². The molecular formula is C51H75BClF4N15O6.